The Hall–Kier alpha value is -3.30. The van der Waals surface area contributed by atoms with Crippen LogP contribution in [0.25, 0.3) is 0 Å². The second-order valence-electron chi connectivity index (χ2n) is 9.96. The number of morpholine rings is 1. The van der Waals surface area contributed by atoms with Crippen molar-refractivity contribution in [2.45, 2.75) is 33.2 Å². The first-order chi connectivity index (χ1) is 17.8. The van der Waals surface area contributed by atoms with Gasteiger partial charge < -0.3 is 33.5 Å². The summed E-state index contributed by atoms with van der Waals surface area (Å²) in [6, 6.07) is 7.84. The molecule has 9 nitrogen and oxygen atoms in total. The van der Waals surface area contributed by atoms with E-state index in [9.17, 15) is 14.7 Å². The molecule has 0 radical (unpaired) electrons. The van der Waals surface area contributed by atoms with E-state index in [2.05, 4.69) is 13.8 Å². The van der Waals surface area contributed by atoms with Gasteiger partial charge in [-0.15, -0.1) is 0 Å². The Balaban J connectivity index is 1.67. The summed E-state index contributed by atoms with van der Waals surface area (Å²) in [5, 5.41) is 10.9. The molecule has 0 bridgehead atoms. The number of methoxy groups -OCH3 is 1. The van der Waals surface area contributed by atoms with E-state index in [0.29, 0.717) is 61.7 Å². The Kier molecular flexibility index (Phi) is 8.56. The third-order valence-corrected chi connectivity index (χ3v) is 6.87. The largest absolute Gasteiger partial charge is 0.503 e. The van der Waals surface area contributed by atoms with Crippen LogP contribution in [0.2, 0.25) is 0 Å². The average molecular weight is 514 g/mol. The van der Waals surface area contributed by atoms with E-state index in [1.54, 1.807) is 43.2 Å². The summed E-state index contributed by atoms with van der Waals surface area (Å²) in [6.07, 6.45) is 0.900. The Labute approximate surface area is 217 Å². The number of aliphatic hydroxyl groups is 1. The highest BCUT2D eigenvalue weighted by Crippen LogP contribution is 2.41. The van der Waals surface area contributed by atoms with Crippen LogP contribution in [0, 0.1) is 12.8 Å². The first-order valence-electron chi connectivity index (χ1n) is 12.9. The molecule has 3 heterocycles. The molecule has 200 valence electrons. The molecule has 1 aromatic carbocycles. The number of ether oxygens (including phenoxy) is 3. The average Bonchev–Trinajstić information content (AvgIpc) is 3.44. The maximum Gasteiger partial charge on any atom is 0.290 e. The number of furan rings is 1. The summed E-state index contributed by atoms with van der Waals surface area (Å²) in [4.78, 5) is 29.7. The van der Waals surface area contributed by atoms with Gasteiger partial charge in [-0.3, -0.25) is 9.59 Å². The summed E-state index contributed by atoms with van der Waals surface area (Å²) in [5.41, 5.74) is 0.654. The van der Waals surface area contributed by atoms with E-state index in [4.69, 9.17) is 18.6 Å². The smallest absolute Gasteiger partial charge is 0.290 e. The quantitative estimate of drug-likeness (QED) is 0.445. The Morgan fingerprint density at radius 1 is 1.19 bits per heavy atom. The zero-order chi connectivity index (χ0) is 26.5. The van der Waals surface area contributed by atoms with Gasteiger partial charge in [0.1, 0.15) is 18.8 Å². The van der Waals surface area contributed by atoms with Crippen molar-refractivity contribution in [2.75, 3.05) is 53.1 Å². The molecule has 1 amide bonds. The second-order valence-corrected chi connectivity index (χ2v) is 9.96. The van der Waals surface area contributed by atoms with Crippen molar-refractivity contribution in [1.29, 1.82) is 0 Å². The van der Waals surface area contributed by atoms with Gasteiger partial charge >= 0.3 is 0 Å². The fraction of sp³-hybridized carbons (Fsp3) is 0.500. The number of nitrogens with one attached hydrogen (secondary N) is 1. The number of rotatable bonds is 11. The van der Waals surface area contributed by atoms with Crippen molar-refractivity contribution in [3.05, 3.63) is 58.7 Å². The van der Waals surface area contributed by atoms with Crippen LogP contribution in [0.3, 0.4) is 0 Å². The van der Waals surface area contributed by atoms with Crippen molar-refractivity contribution < 1.29 is 38.2 Å². The summed E-state index contributed by atoms with van der Waals surface area (Å²) in [5.74, 6) is 0.616. The molecule has 1 atom stereocenters. The van der Waals surface area contributed by atoms with Crippen LogP contribution in [0.5, 0.6) is 11.5 Å². The molecule has 1 fully saturated rings. The van der Waals surface area contributed by atoms with E-state index in [1.165, 1.54) is 4.90 Å². The normalized spacial score (nSPS) is 18.7. The number of quaternary nitrogens is 1. The molecular weight excluding hydrogens is 476 g/mol. The topological polar surface area (TPSA) is 103 Å². The lowest BCUT2D eigenvalue weighted by Gasteiger charge is -2.30. The number of hydrogen-bond acceptors (Lipinski definition) is 7. The van der Waals surface area contributed by atoms with Gasteiger partial charge in [0.25, 0.3) is 5.91 Å². The van der Waals surface area contributed by atoms with Crippen LogP contribution in [0.1, 0.15) is 48.2 Å². The molecule has 2 aromatic rings. The summed E-state index contributed by atoms with van der Waals surface area (Å²) in [7, 11) is 1.55. The molecule has 2 aliphatic heterocycles. The number of aliphatic hydroxyl groups excluding tert-OH is 1. The van der Waals surface area contributed by atoms with Crippen molar-refractivity contribution in [3.63, 3.8) is 0 Å². The lowest BCUT2D eigenvalue weighted by atomic mass is 9.94. The predicted molar refractivity (Wildman–Crippen MR) is 136 cm³/mol. The molecule has 2 N–H and O–H groups in total. The van der Waals surface area contributed by atoms with Gasteiger partial charge in [0, 0.05) is 0 Å². The Bertz CT molecular complexity index is 1150. The molecule has 2 aliphatic rings. The zero-order valence-electron chi connectivity index (χ0n) is 22.0. The Morgan fingerprint density at radius 2 is 1.95 bits per heavy atom. The number of carbonyl (C=O) groups excluding carboxylic acids is 2. The molecule has 0 saturated carbocycles. The number of hydrogen-bond donors (Lipinski definition) is 2. The van der Waals surface area contributed by atoms with Crippen LogP contribution >= 0.6 is 0 Å². The molecule has 0 unspecified atom stereocenters. The van der Waals surface area contributed by atoms with E-state index >= 15 is 0 Å². The van der Waals surface area contributed by atoms with Gasteiger partial charge in [0.05, 0.1) is 51.6 Å². The van der Waals surface area contributed by atoms with Crippen molar-refractivity contribution in [3.8, 4) is 11.5 Å². The third-order valence-electron chi connectivity index (χ3n) is 6.87. The van der Waals surface area contributed by atoms with Crippen LogP contribution in [-0.2, 0) is 9.53 Å². The second kappa shape index (κ2) is 11.8. The van der Waals surface area contributed by atoms with Gasteiger partial charge in [-0.2, -0.15) is 0 Å². The molecule has 0 spiro atoms. The van der Waals surface area contributed by atoms with Gasteiger partial charge in [0.2, 0.25) is 5.78 Å². The molecule has 1 aromatic heterocycles. The van der Waals surface area contributed by atoms with E-state index in [0.717, 1.165) is 19.5 Å². The van der Waals surface area contributed by atoms with Crippen LogP contribution < -0.4 is 14.4 Å². The monoisotopic (exact) mass is 513 g/mol. The highest BCUT2D eigenvalue weighted by molar-refractivity contribution is 6.15. The highest BCUT2D eigenvalue weighted by atomic mass is 16.5. The SMILES string of the molecule is COc1cc([C@H]2C(C(=O)c3ccc(C)o3)=C(O)C(=O)N2CC[NH+]2CCOCC2)ccc1OCCC(C)C. The third kappa shape index (κ3) is 5.99. The lowest BCUT2D eigenvalue weighted by Crippen LogP contribution is -3.14. The molecule has 1 saturated heterocycles. The van der Waals surface area contributed by atoms with Crippen LogP contribution in [-0.4, -0.2) is 74.8 Å². The number of carbonyl (C=O) groups is 2. The van der Waals surface area contributed by atoms with Gasteiger partial charge in [-0.1, -0.05) is 19.9 Å². The fourth-order valence-electron chi connectivity index (χ4n) is 4.72. The maximum absolute atomic E-state index is 13.5. The number of Topliss-reactive ketones (excluding diaryl/α,β-unsaturated/α-hetero) is 1. The van der Waals surface area contributed by atoms with Crippen molar-refractivity contribution in [1.82, 2.24) is 4.90 Å². The van der Waals surface area contributed by atoms with Crippen molar-refractivity contribution in [2.24, 2.45) is 5.92 Å². The minimum Gasteiger partial charge on any atom is -0.503 e. The number of aryl methyl sites for hydroxylation is 1. The molecule has 37 heavy (non-hydrogen) atoms. The molecule has 9 heteroatoms. The fourth-order valence-corrected chi connectivity index (χ4v) is 4.72. The van der Waals surface area contributed by atoms with E-state index in [-0.39, 0.29) is 11.3 Å². The summed E-state index contributed by atoms with van der Waals surface area (Å²) < 4.78 is 22.5. The maximum atomic E-state index is 13.5. The molecule has 4 rings (SSSR count). The van der Waals surface area contributed by atoms with Crippen LogP contribution in [0.4, 0.5) is 0 Å². The lowest BCUT2D eigenvalue weighted by molar-refractivity contribution is -0.907. The molecular formula is C28H37N2O7+. The van der Waals surface area contributed by atoms with Gasteiger partial charge in [-0.25, -0.2) is 0 Å². The van der Waals surface area contributed by atoms with Gasteiger partial charge in [-0.05, 0) is 49.1 Å². The number of ketones is 1. The number of nitrogens with zero attached hydrogens (tertiary/aromatic N) is 1. The van der Waals surface area contributed by atoms with Gasteiger partial charge in [0.15, 0.2) is 23.0 Å². The Morgan fingerprint density at radius 3 is 2.59 bits per heavy atom. The van der Waals surface area contributed by atoms with Crippen molar-refractivity contribution >= 4 is 11.7 Å². The molecule has 0 aliphatic carbocycles. The minimum atomic E-state index is -0.788. The summed E-state index contributed by atoms with van der Waals surface area (Å²) >= 11 is 0. The zero-order valence-corrected chi connectivity index (χ0v) is 22.0. The standard InChI is InChI=1S/C28H36N2O7/c1-18(2)9-14-36-21-8-6-20(17-23(21)34-4)25-24(26(31)22-7-5-19(3)37-22)27(32)28(33)30(25)11-10-29-12-15-35-16-13-29/h5-8,17-18,25,32H,9-16H2,1-4H3/p+1/t25-/m0/s1. The number of benzene rings is 1. The minimum absolute atomic E-state index is 0.00635. The van der Waals surface area contributed by atoms with E-state index in [1.807, 2.05) is 6.07 Å². The first-order valence-corrected chi connectivity index (χ1v) is 12.9. The summed E-state index contributed by atoms with van der Waals surface area (Å²) in [6.45, 7) is 10.6. The first kappa shape index (κ1) is 26.8. The predicted octanol–water partition coefficient (Wildman–Crippen LogP) is 2.51. The highest BCUT2D eigenvalue weighted by Gasteiger charge is 2.45. The number of amides is 1. The van der Waals surface area contributed by atoms with E-state index < -0.39 is 23.5 Å². The van der Waals surface area contributed by atoms with Crippen LogP contribution in [0.15, 0.2) is 46.1 Å².